The Morgan fingerprint density at radius 2 is 1.93 bits per heavy atom. The number of likely N-dealkylation sites (tertiary alicyclic amines) is 1. The van der Waals surface area contributed by atoms with E-state index in [1.54, 1.807) is 16.1 Å². The van der Waals surface area contributed by atoms with Crippen molar-refractivity contribution in [2.75, 3.05) is 31.2 Å². The van der Waals surface area contributed by atoms with Crippen LogP contribution in [0.2, 0.25) is 0 Å². The molecule has 0 aliphatic carbocycles. The number of aromatic amines is 1. The fourth-order valence-corrected chi connectivity index (χ4v) is 5.75. The van der Waals surface area contributed by atoms with E-state index in [-0.39, 0.29) is 18.1 Å². The smallest absolute Gasteiger partial charge is 0.346 e. The molecule has 10 nitrogen and oxygen atoms in total. The summed E-state index contributed by atoms with van der Waals surface area (Å²) in [5.41, 5.74) is 1.08. The molecule has 1 N–H and O–H groups in total. The monoisotopic (exact) mass is 563 g/mol. The summed E-state index contributed by atoms with van der Waals surface area (Å²) in [4.78, 5) is 31.1. The van der Waals surface area contributed by atoms with Crippen molar-refractivity contribution in [1.29, 1.82) is 5.26 Å². The standard InChI is InChI=1S/C28H28F3N9O/c1-19-22(5-6-23(36-19)28(29,30)31)40(26(41)37-12-3-2-4-13-37)39-16-27(17-39,9-10-32)38-14-8-20(15-38)24-21-7-11-33-25(21)35-18-34-24/h5-8,11,14-15,18H,2-4,9,12-13,16-17H2,1H3,(H,33,34,35). The van der Waals surface area contributed by atoms with Gasteiger partial charge >= 0.3 is 12.2 Å². The Balaban J connectivity index is 1.32. The van der Waals surface area contributed by atoms with Crippen molar-refractivity contribution in [2.24, 2.45) is 0 Å². The van der Waals surface area contributed by atoms with Crippen LogP contribution in [-0.4, -0.2) is 66.6 Å². The van der Waals surface area contributed by atoms with Gasteiger partial charge in [-0.3, -0.25) is 0 Å². The van der Waals surface area contributed by atoms with E-state index < -0.39 is 17.4 Å². The van der Waals surface area contributed by atoms with Crippen LogP contribution in [0.1, 0.15) is 37.1 Å². The minimum atomic E-state index is -4.59. The summed E-state index contributed by atoms with van der Waals surface area (Å²) in [5.74, 6) is 0. The Labute approximate surface area is 234 Å². The molecule has 0 aromatic carbocycles. The number of aryl methyl sites for hydroxylation is 1. The first kappa shape index (κ1) is 26.8. The molecule has 2 aliphatic heterocycles. The summed E-state index contributed by atoms with van der Waals surface area (Å²) in [7, 11) is 0. The van der Waals surface area contributed by atoms with Gasteiger partial charge in [0.1, 0.15) is 17.7 Å². The number of hydrogen-bond donors (Lipinski definition) is 1. The Bertz CT molecular complexity index is 1620. The molecule has 0 radical (unpaired) electrons. The minimum Gasteiger partial charge on any atom is -0.346 e. The lowest BCUT2D eigenvalue weighted by molar-refractivity contribution is -0.141. The zero-order chi connectivity index (χ0) is 28.8. The number of halogens is 3. The number of alkyl halides is 3. The highest BCUT2D eigenvalue weighted by Crippen LogP contribution is 2.39. The first-order valence-electron chi connectivity index (χ1n) is 13.4. The Hall–Kier alpha value is -4.44. The van der Waals surface area contributed by atoms with Gasteiger partial charge in [0, 0.05) is 55.7 Å². The van der Waals surface area contributed by atoms with Gasteiger partial charge in [-0.2, -0.15) is 18.4 Å². The molecule has 2 fully saturated rings. The zero-order valence-corrected chi connectivity index (χ0v) is 22.4. The maximum atomic E-state index is 13.8. The van der Waals surface area contributed by atoms with Crippen molar-refractivity contribution in [2.45, 2.75) is 44.3 Å². The molecule has 2 saturated heterocycles. The van der Waals surface area contributed by atoms with E-state index in [0.29, 0.717) is 31.9 Å². The molecule has 4 aromatic heterocycles. The van der Waals surface area contributed by atoms with Gasteiger partial charge in [-0.25, -0.2) is 29.8 Å². The maximum Gasteiger partial charge on any atom is 0.433 e. The molecule has 13 heteroatoms. The number of aromatic nitrogens is 5. The quantitative estimate of drug-likeness (QED) is 0.362. The van der Waals surface area contributed by atoms with E-state index in [1.165, 1.54) is 24.3 Å². The molecule has 6 heterocycles. The van der Waals surface area contributed by atoms with Gasteiger partial charge in [-0.05, 0) is 50.5 Å². The molecular formula is C28H28F3N9O. The van der Waals surface area contributed by atoms with Crippen molar-refractivity contribution in [3.8, 4) is 17.3 Å². The second kappa shape index (κ2) is 10.2. The Morgan fingerprint density at radius 3 is 2.63 bits per heavy atom. The topological polar surface area (TPSA) is 110 Å². The summed E-state index contributed by atoms with van der Waals surface area (Å²) in [6.07, 6.45) is 5.47. The number of rotatable bonds is 5. The molecule has 2 aliphatic rings. The SMILES string of the molecule is Cc1nc(C(F)(F)F)ccc1N(C(=O)N1CCCCC1)N1CC(CC#N)(n2ccc(-c3ncnc4[nH]ccc34)c2)C1. The van der Waals surface area contributed by atoms with Crippen molar-refractivity contribution in [3.63, 3.8) is 0 Å². The van der Waals surface area contributed by atoms with Gasteiger partial charge in [0.05, 0.1) is 35.1 Å². The summed E-state index contributed by atoms with van der Waals surface area (Å²) in [6, 6.07) is 8.03. The lowest BCUT2D eigenvalue weighted by atomic mass is 9.87. The molecule has 6 rings (SSSR count). The van der Waals surface area contributed by atoms with Crippen molar-refractivity contribution >= 4 is 22.8 Å². The van der Waals surface area contributed by atoms with Crippen LogP contribution in [0, 0.1) is 18.3 Å². The van der Waals surface area contributed by atoms with Gasteiger partial charge < -0.3 is 14.5 Å². The number of nitrogens with one attached hydrogen (secondary N) is 1. The van der Waals surface area contributed by atoms with E-state index in [4.69, 9.17) is 0 Å². The van der Waals surface area contributed by atoms with Crippen LogP contribution in [0.25, 0.3) is 22.3 Å². The van der Waals surface area contributed by atoms with Crippen LogP contribution in [0.4, 0.5) is 23.7 Å². The summed E-state index contributed by atoms with van der Waals surface area (Å²) >= 11 is 0. The molecule has 41 heavy (non-hydrogen) atoms. The zero-order valence-electron chi connectivity index (χ0n) is 22.4. The molecule has 0 saturated carbocycles. The predicted molar refractivity (Wildman–Crippen MR) is 144 cm³/mol. The van der Waals surface area contributed by atoms with Crippen molar-refractivity contribution in [3.05, 3.63) is 60.6 Å². The number of urea groups is 1. The third-order valence-electron chi connectivity index (χ3n) is 7.90. The van der Waals surface area contributed by atoms with Crippen LogP contribution in [0.5, 0.6) is 0 Å². The van der Waals surface area contributed by atoms with E-state index in [2.05, 4.69) is 26.0 Å². The van der Waals surface area contributed by atoms with Crippen LogP contribution < -0.4 is 5.01 Å². The number of fused-ring (bicyclic) bond motifs is 1. The van der Waals surface area contributed by atoms with E-state index >= 15 is 0 Å². The number of pyridine rings is 1. The van der Waals surface area contributed by atoms with Gasteiger partial charge in [0.25, 0.3) is 0 Å². The van der Waals surface area contributed by atoms with E-state index in [1.807, 2.05) is 29.1 Å². The number of carbonyl (C=O) groups is 1. The number of hydrazine groups is 1. The summed E-state index contributed by atoms with van der Waals surface area (Å²) in [6.45, 7) is 3.24. The summed E-state index contributed by atoms with van der Waals surface area (Å²) in [5, 5.41) is 13.9. The average molecular weight is 564 g/mol. The number of piperidine rings is 1. The van der Waals surface area contributed by atoms with Crippen molar-refractivity contribution in [1.82, 2.24) is 34.4 Å². The van der Waals surface area contributed by atoms with Crippen LogP contribution in [0.15, 0.2) is 49.2 Å². The molecule has 4 aromatic rings. The third kappa shape index (κ3) is 4.78. The van der Waals surface area contributed by atoms with Crippen molar-refractivity contribution < 1.29 is 18.0 Å². The highest BCUT2D eigenvalue weighted by atomic mass is 19.4. The largest absolute Gasteiger partial charge is 0.433 e. The van der Waals surface area contributed by atoms with Crippen LogP contribution in [0.3, 0.4) is 0 Å². The lowest BCUT2D eigenvalue weighted by Crippen LogP contribution is -2.69. The Kier molecular flexibility index (Phi) is 6.65. The minimum absolute atomic E-state index is 0.102. The highest BCUT2D eigenvalue weighted by Gasteiger charge is 2.49. The van der Waals surface area contributed by atoms with Gasteiger partial charge in [0.2, 0.25) is 0 Å². The first-order chi connectivity index (χ1) is 19.7. The number of amides is 2. The maximum absolute atomic E-state index is 13.8. The molecule has 0 spiro atoms. The second-order valence-corrected chi connectivity index (χ2v) is 10.6. The molecule has 0 unspecified atom stereocenters. The fraction of sp³-hybridized carbons (Fsp3) is 0.393. The third-order valence-corrected chi connectivity index (χ3v) is 7.90. The number of carbonyl (C=O) groups excluding carboxylic acids is 1. The van der Waals surface area contributed by atoms with Gasteiger partial charge in [-0.15, -0.1) is 0 Å². The fourth-order valence-electron chi connectivity index (χ4n) is 5.75. The number of anilines is 1. The molecule has 212 valence electrons. The average Bonchev–Trinajstić information content (AvgIpc) is 3.62. The molecule has 2 amide bonds. The molecule has 0 atom stereocenters. The number of H-pyrrole nitrogens is 1. The molecular weight excluding hydrogens is 535 g/mol. The predicted octanol–water partition coefficient (Wildman–Crippen LogP) is 5.10. The van der Waals surface area contributed by atoms with Crippen LogP contribution >= 0.6 is 0 Å². The highest BCUT2D eigenvalue weighted by molar-refractivity contribution is 5.92. The normalized spacial score (nSPS) is 17.3. The second-order valence-electron chi connectivity index (χ2n) is 10.6. The number of nitrogens with zero attached hydrogens (tertiary/aromatic N) is 8. The first-order valence-corrected chi connectivity index (χ1v) is 13.4. The van der Waals surface area contributed by atoms with Gasteiger partial charge in [0.15, 0.2) is 0 Å². The van der Waals surface area contributed by atoms with E-state index in [9.17, 15) is 23.2 Å². The van der Waals surface area contributed by atoms with Crippen LogP contribution in [-0.2, 0) is 11.7 Å². The van der Waals surface area contributed by atoms with Gasteiger partial charge in [-0.1, -0.05) is 0 Å². The number of nitriles is 1. The number of hydrogen-bond acceptors (Lipinski definition) is 6. The van der Waals surface area contributed by atoms with E-state index in [0.717, 1.165) is 47.6 Å². The Morgan fingerprint density at radius 1 is 1.15 bits per heavy atom. The lowest BCUT2D eigenvalue weighted by Gasteiger charge is -2.54. The molecule has 0 bridgehead atoms. The summed E-state index contributed by atoms with van der Waals surface area (Å²) < 4.78 is 42.0.